The van der Waals surface area contributed by atoms with E-state index in [1.807, 2.05) is 6.07 Å². The van der Waals surface area contributed by atoms with Crippen molar-refractivity contribution in [3.05, 3.63) is 51.2 Å². The van der Waals surface area contributed by atoms with Crippen LogP contribution in [0.4, 0.5) is 0 Å². The Morgan fingerprint density at radius 1 is 1.53 bits per heavy atom. The van der Waals surface area contributed by atoms with Crippen molar-refractivity contribution in [3.8, 4) is 11.8 Å². The molecular weight excluding hydrogens is 248 g/mol. The van der Waals surface area contributed by atoms with Gasteiger partial charge in [-0.3, -0.25) is 19.7 Å². The molecule has 0 aliphatic rings. The SMILES string of the molecule is CC(C#N)NCc1occc1-n1ccc(=O)[nH]c1=O. The van der Waals surface area contributed by atoms with Gasteiger partial charge in [-0.05, 0) is 6.92 Å². The summed E-state index contributed by atoms with van der Waals surface area (Å²) in [4.78, 5) is 24.9. The van der Waals surface area contributed by atoms with E-state index in [-0.39, 0.29) is 6.04 Å². The summed E-state index contributed by atoms with van der Waals surface area (Å²) < 4.78 is 6.55. The Labute approximate surface area is 108 Å². The van der Waals surface area contributed by atoms with Gasteiger partial charge >= 0.3 is 5.69 Å². The summed E-state index contributed by atoms with van der Waals surface area (Å²) in [6, 6.07) is 4.58. The lowest BCUT2D eigenvalue weighted by molar-refractivity contribution is 0.473. The molecule has 1 atom stereocenters. The van der Waals surface area contributed by atoms with Crippen LogP contribution in [0.2, 0.25) is 0 Å². The van der Waals surface area contributed by atoms with Gasteiger partial charge in [0, 0.05) is 18.3 Å². The van der Waals surface area contributed by atoms with E-state index in [1.54, 1.807) is 13.0 Å². The van der Waals surface area contributed by atoms with Gasteiger partial charge in [0.25, 0.3) is 5.56 Å². The monoisotopic (exact) mass is 260 g/mol. The van der Waals surface area contributed by atoms with E-state index in [2.05, 4.69) is 10.3 Å². The Morgan fingerprint density at radius 3 is 3.00 bits per heavy atom. The first kappa shape index (κ1) is 12.9. The molecule has 0 saturated heterocycles. The lowest BCUT2D eigenvalue weighted by Gasteiger charge is -2.07. The second-order valence-corrected chi connectivity index (χ2v) is 3.94. The first-order valence-electron chi connectivity index (χ1n) is 5.63. The molecule has 7 nitrogen and oxygen atoms in total. The third-order valence-corrected chi connectivity index (χ3v) is 2.57. The molecule has 98 valence electrons. The standard InChI is InChI=1S/C12H12N4O3/c1-8(6-13)14-7-10-9(3-5-19-10)16-4-2-11(17)15-12(16)18/h2-5,8,14H,7H2,1H3,(H,15,17,18). The molecule has 0 aliphatic carbocycles. The number of H-pyrrole nitrogens is 1. The average molecular weight is 260 g/mol. The minimum Gasteiger partial charge on any atom is -0.466 e. The van der Waals surface area contributed by atoms with Crippen molar-refractivity contribution in [3.63, 3.8) is 0 Å². The van der Waals surface area contributed by atoms with Crippen LogP contribution in [0.15, 0.2) is 38.6 Å². The van der Waals surface area contributed by atoms with Crippen LogP contribution in [-0.2, 0) is 6.54 Å². The highest BCUT2D eigenvalue weighted by Gasteiger charge is 2.11. The second kappa shape index (κ2) is 5.37. The molecule has 2 aromatic heterocycles. The van der Waals surface area contributed by atoms with Crippen LogP contribution >= 0.6 is 0 Å². The van der Waals surface area contributed by atoms with Gasteiger partial charge in [0.15, 0.2) is 0 Å². The predicted octanol–water partition coefficient (Wildman–Crippen LogP) is 0.120. The summed E-state index contributed by atoms with van der Waals surface area (Å²) in [6.07, 6.45) is 2.82. The molecule has 0 bridgehead atoms. The smallest absolute Gasteiger partial charge is 0.333 e. The minimum absolute atomic E-state index is 0.308. The molecule has 0 fully saturated rings. The fraction of sp³-hybridized carbons (Fsp3) is 0.250. The van der Waals surface area contributed by atoms with E-state index in [0.717, 1.165) is 0 Å². The molecule has 19 heavy (non-hydrogen) atoms. The molecule has 0 radical (unpaired) electrons. The molecule has 1 unspecified atom stereocenters. The molecule has 2 heterocycles. The highest BCUT2D eigenvalue weighted by atomic mass is 16.3. The molecule has 0 amide bonds. The number of aromatic amines is 1. The van der Waals surface area contributed by atoms with Crippen LogP contribution < -0.4 is 16.6 Å². The van der Waals surface area contributed by atoms with Gasteiger partial charge in [0.05, 0.1) is 30.6 Å². The fourth-order valence-electron chi connectivity index (χ4n) is 1.58. The summed E-state index contributed by atoms with van der Waals surface area (Å²) >= 11 is 0. The number of nitrogens with one attached hydrogen (secondary N) is 2. The van der Waals surface area contributed by atoms with Crippen molar-refractivity contribution < 1.29 is 4.42 Å². The van der Waals surface area contributed by atoms with Gasteiger partial charge in [0.2, 0.25) is 0 Å². The Balaban J connectivity index is 2.32. The van der Waals surface area contributed by atoms with Crippen molar-refractivity contribution in [2.24, 2.45) is 0 Å². The number of hydrogen-bond acceptors (Lipinski definition) is 5. The second-order valence-electron chi connectivity index (χ2n) is 3.94. The largest absolute Gasteiger partial charge is 0.466 e. The van der Waals surface area contributed by atoms with Crippen molar-refractivity contribution in [2.45, 2.75) is 19.5 Å². The van der Waals surface area contributed by atoms with E-state index in [4.69, 9.17) is 9.68 Å². The summed E-state index contributed by atoms with van der Waals surface area (Å²) in [5.74, 6) is 0.510. The molecule has 0 spiro atoms. The molecule has 0 saturated carbocycles. The van der Waals surface area contributed by atoms with Crippen LogP contribution in [0.25, 0.3) is 5.69 Å². The molecule has 7 heteroatoms. The normalized spacial score (nSPS) is 12.0. The zero-order valence-corrected chi connectivity index (χ0v) is 10.2. The van der Waals surface area contributed by atoms with Crippen molar-refractivity contribution in [2.75, 3.05) is 0 Å². The Bertz CT molecular complexity index is 719. The maximum atomic E-state index is 11.7. The number of aromatic nitrogens is 2. The first-order valence-corrected chi connectivity index (χ1v) is 5.63. The first-order chi connectivity index (χ1) is 9.11. The quantitative estimate of drug-likeness (QED) is 0.812. The minimum atomic E-state index is -0.538. The van der Waals surface area contributed by atoms with E-state index >= 15 is 0 Å². The van der Waals surface area contributed by atoms with E-state index < -0.39 is 11.2 Å². The topological polar surface area (TPSA) is 104 Å². The Kier molecular flexibility index (Phi) is 3.63. The zero-order valence-electron chi connectivity index (χ0n) is 10.2. The average Bonchev–Trinajstić information content (AvgIpc) is 2.84. The van der Waals surface area contributed by atoms with Gasteiger partial charge in [-0.1, -0.05) is 0 Å². The van der Waals surface area contributed by atoms with Crippen LogP contribution in [0.1, 0.15) is 12.7 Å². The van der Waals surface area contributed by atoms with Crippen LogP contribution in [0.3, 0.4) is 0 Å². The third kappa shape index (κ3) is 2.81. The van der Waals surface area contributed by atoms with Gasteiger partial charge < -0.3 is 4.42 Å². The molecule has 2 aromatic rings. The summed E-state index contributed by atoms with van der Waals surface area (Å²) in [6.45, 7) is 2.03. The zero-order chi connectivity index (χ0) is 13.8. The molecular formula is C12H12N4O3. The predicted molar refractivity (Wildman–Crippen MR) is 66.8 cm³/mol. The number of furan rings is 1. The van der Waals surface area contributed by atoms with Crippen LogP contribution in [0.5, 0.6) is 0 Å². The third-order valence-electron chi connectivity index (χ3n) is 2.57. The Hall–Kier alpha value is -2.59. The lowest BCUT2D eigenvalue weighted by atomic mass is 10.3. The van der Waals surface area contributed by atoms with Gasteiger partial charge in [-0.25, -0.2) is 4.79 Å². The van der Waals surface area contributed by atoms with Crippen LogP contribution in [0, 0.1) is 11.3 Å². The maximum Gasteiger partial charge on any atom is 0.333 e. The van der Waals surface area contributed by atoms with Gasteiger partial charge in [-0.15, -0.1) is 0 Å². The number of rotatable bonds is 4. The highest BCUT2D eigenvalue weighted by Crippen LogP contribution is 2.13. The molecule has 2 N–H and O–H groups in total. The van der Waals surface area contributed by atoms with E-state index in [1.165, 1.54) is 23.1 Å². The number of hydrogen-bond donors (Lipinski definition) is 2. The van der Waals surface area contributed by atoms with E-state index in [9.17, 15) is 9.59 Å². The fourth-order valence-corrected chi connectivity index (χ4v) is 1.58. The maximum absolute atomic E-state index is 11.7. The van der Waals surface area contributed by atoms with E-state index in [0.29, 0.717) is 18.0 Å². The Morgan fingerprint density at radius 2 is 2.32 bits per heavy atom. The number of nitrogens with zero attached hydrogens (tertiary/aromatic N) is 2. The molecule has 2 rings (SSSR count). The summed E-state index contributed by atoms with van der Waals surface area (Å²) in [7, 11) is 0. The lowest BCUT2D eigenvalue weighted by Crippen LogP contribution is -2.29. The molecule has 0 aromatic carbocycles. The summed E-state index contributed by atoms with van der Waals surface area (Å²) in [5.41, 5.74) is -0.468. The summed E-state index contributed by atoms with van der Waals surface area (Å²) in [5, 5.41) is 11.6. The molecule has 0 aliphatic heterocycles. The number of nitriles is 1. The van der Waals surface area contributed by atoms with Gasteiger partial charge in [0.1, 0.15) is 5.76 Å². The van der Waals surface area contributed by atoms with Gasteiger partial charge in [-0.2, -0.15) is 5.26 Å². The van der Waals surface area contributed by atoms with Crippen molar-refractivity contribution in [1.29, 1.82) is 5.26 Å². The van der Waals surface area contributed by atoms with Crippen molar-refractivity contribution >= 4 is 0 Å². The van der Waals surface area contributed by atoms with Crippen LogP contribution in [-0.4, -0.2) is 15.6 Å². The van der Waals surface area contributed by atoms with Crippen molar-refractivity contribution in [1.82, 2.24) is 14.9 Å². The highest BCUT2D eigenvalue weighted by molar-refractivity contribution is 5.34.